The highest BCUT2D eigenvalue weighted by Crippen LogP contribution is 2.17. The van der Waals surface area contributed by atoms with Crippen molar-refractivity contribution in [3.8, 4) is 11.3 Å². The summed E-state index contributed by atoms with van der Waals surface area (Å²) in [7, 11) is 1.31. The molecule has 2 heterocycles. The predicted molar refractivity (Wildman–Crippen MR) is 86.3 cm³/mol. The number of methoxy groups -OCH3 is 1. The van der Waals surface area contributed by atoms with Gasteiger partial charge >= 0.3 is 5.97 Å². The first-order valence-electron chi connectivity index (χ1n) is 7.54. The van der Waals surface area contributed by atoms with Gasteiger partial charge in [-0.05, 0) is 0 Å². The molecule has 24 heavy (non-hydrogen) atoms. The fourth-order valence-corrected chi connectivity index (χ4v) is 2.27. The number of carbonyl (C=O) groups excluding carboxylic acids is 1. The van der Waals surface area contributed by atoms with Gasteiger partial charge in [-0.15, -0.1) is 0 Å². The monoisotopic (exact) mass is 327 g/mol. The molecule has 1 atom stereocenters. The molecule has 0 spiro atoms. The van der Waals surface area contributed by atoms with Crippen LogP contribution in [-0.4, -0.2) is 48.1 Å². The number of benzene rings is 1. The van der Waals surface area contributed by atoms with Crippen LogP contribution in [0.15, 0.2) is 48.0 Å². The molecule has 3 rings (SSSR count). The molecule has 1 aliphatic heterocycles. The highest BCUT2D eigenvalue weighted by atomic mass is 16.7. The van der Waals surface area contributed by atoms with Crippen molar-refractivity contribution in [3.63, 3.8) is 0 Å². The molecule has 0 unspecified atom stereocenters. The summed E-state index contributed by atoms with van der Waals surface area (Å²) in [5.41, 5.74) is 2.37. The number of aromatic nitrogens is 2. The lowest BCUT2D eigenvalue weighted by Crippen LogP contribution is -2.19. The topological polar surface area (TPSA) is 82.9 Å². The van der Waals surface area contributed by atoms with Gasteiger partial charge in [0.05, 0.1) is 32.2 Å². The van der Waals surface area contributed by atoms with Gasteiger partial charge in [-0.1, -0.05) is 29.4 Å². The lowest BCUT2D eigenvalue weighted by Gasteiger charge is -2.09. The highest BCUT2D eigenvalue weighted by molar-refractivity contribution is 6.43. The quantitative estimate of drug-likeness (QED) is 0.473. The second-order valence-electron chi connectivity index (χ2n) is 5.19. The van der Waals surface area contributed by atoms with Gasteiger partial charge in [0.25, 0.3) is 0 Å². The summed E-state index contributed by atoms with van der Waals surface area (Å²) in [4.78, 5) is 25.7. The molecule has 2 aromatic rings. The molecule has 0 amide bonds. The third-order valence-corrected chi connectivity index (χ3v) is 3.58. The Labute approximate surface area is 139 Å². The van der Waals surface area contributed by atoms with Crippen LogP contribution in [0.25, 0.3) is 11.3 Å². The van der Waals surface area contributed by atoms with Crippen molar-refractivity contribution in [2.75, 3.05) is 20.3 Å². The summed E-state index contributed by atoms with van der Waals surface area (Å²) in [6.07, 6.45) is 5.53. The Morgan fingerprint density at radius 1 is 1.29 bits per heavy atom. The Kier molecular flexibility index (Phi) is 5.12. The maximum atomic E-state index is 12.0. The van der Waals surface area contributed by atoms with Gasteiger partial charge in [0.1, 0.15) is 0 Å². The van der Waals surface area contributed by atoms with Crippen molar-refractivity contribution < 1.29 is 19.1 Å². The normalized spacial score (nSPS) is 17.5. The largest absolute Gasteiger partial charge is 0.464 e. The standard InChI is InChI=1S/C17H17N3O4/c1-22-17(21)16(20-24-14-6-9-23-11-14)13-4-2-12(3-5-13)15-10-18-7-8-19-15/h2-5,7-8,10,14H,6,9,11H2,1H3/b20-16+/t14-/m1/s1. The fourth-order valence-electron chi connectivity index (χ4n) is 2.27. The minimum absolute atomic E-state index is 0.120. The van der Waals surface area contributed by atoms with Crippen LogP contribution in [0.2, 0.25) is 0 Å². The van der Waals surface area contributed by atoms with Gasteiger partial charge in [-0.2, -0.15) is 0 Å². The minimum Gasteiger partial charge on any atom is -0.464 e. The van der Waals surface area contributed by atoms with E-state index in [9.17, 15) is 4.79 Å². The molecule has 1 fully saturated rings. The van der Waals surface area contributed by atoms with E-state index >= 15 is 0 Å². The molecule has 0 bridgehead atoms. The van der Waals surface area contributed by atoms with Crippen molar-refractivity contribution in [1.29, 1.82) is 0 Å². The van der Waals surface area contributed by atoms with Crippen LogP contribution in [0.1, 0.15) is 12.0 Å². The fraction of sp³-hybridized carbons (Fsp3) is 0.294. The molecular formula is C17H17N3O4. The van der Waals surface area contributed by atoms with Gasteiger partial charge in [0.2, 0.25) is 0 Å². The van der Waals surface area contributed by atoms with E-state index in [1.54, 1.807) is 30.7 Å². The Bertz CT molecular complexity index is 710. The Balaban J connectivity index is 1.82. The summed E-state index contributed by atoms with van der Waals surface area (Å²) in [6, 6.07) is 7.23. The zero-order valence-corrected chi connectivity index (χ0v) is 13.2. The van der Waals surface area contributed by atoms with E-state index in [2.05, 4.69) is 15.1 Å². The van der Waals surface area contributed by atoms with Crippen LogP contribution in [-0.2, 0) is 19.1 Å². The maximum Gasteiger partial charge on any atom is 0.360 e. The lowest BCUT2D eigenvalue weighted by atomic mass is 10.1. The number of nitrogens with zero attached hydrogens (tertiary/aromatic N) is 3. The highest BCUT2D eigenvalue weighted by Gasteiger charge is 2.20. The summed E-state index contributed by atoms with van der Waals surface area (Å²) >= 11 is 0. The number of hydrogen-bond acceptors (Lipinski definition) is 7. The van der Waals surface area contributed by atoms with Crippen LogP contribution in [0, 0.1) is 0 Å². The van der Waals surface area contributed by atoms with Crippen molar-refractivity contribution >= 4 is 11.7 Å². The molecule has 0 radical (unpaired) electrons. The molecule has 1 saturated heterocycles. The van der Waals surface area contributed by atoms with Crippen molar-refractivity contribution in [1.82, 2.24) is 9.97 Å². The van der Waals surface area contributed by atoms with E-state index in [0.29, 0.717) is 18.8 Å². The number of ether oxygens (including phenoxy) is 2. The summed E-state index contributed by atoms with van der Waals surface area (Å²) < 4.78 is 10.0. The first-order valence-corrected chi connectivity index (χ1v) is 7.54. The third kappa shape index (κ3) is 3.75. The molecule has 0 N–H and O–H groups in total. The second-order valence-corrected chi connectivity index (χ2v) is 5.19. The van der Waals surface area contributed by atoms with E-state index in [1.807, 2.05) is 12.1 Å². The van der Waals surface area contributed by atoms with Crippen LogP contribution < -0.4 is 0 Å². The van der Waals surface area contributed by atoms with Gasteiger partial charge in [0.15, 0.2) is 11.8 Å². The van der Waals surface area contributed by atoms with Crippen LogP contribution in [0.4, 0.5) is 0 Å². The van der Waals surface area contributed by atoms with Crippen LogP contribution in [0.3, 0.4) is 0 Å². The number of hydrogen-bond donors (Lipinski definition) is 0. The summed E-state index contributed by atoms with van der Waals surface area (Å²) in [5.74, 6) is -0.554. The number of carbonyl (C=O) groups is 1. The predicted octanol–water partition coefficient (Wildman–Crippen LogP) is 1.83. The number of esters is 1. The molecule has 0 saturated carbocycles. The van der Waals surface area contributed by atoms with Crippen LogP contribution in [0.5, 0.6) is 0 Å². The van der Waals surface area contributed by atoms with Gasteiger partial charge in [-0.3, -0.25) is 9.97 Å². The van der Waals surface area contributed by atoms with Gasteiger partial charge in [-0.25, -0.2) is 4.79 Å². The zero-order chi connectivity index (χ0) is 16.8. The van der Waals surface area contributed by atoms with Crippen molar-refractivity contribution in [3.05, 3.63) is 48.4 Å². The molecule has 1 aromatic carbocycles. The molecular weight excluding hydrogens is 310 g/mol. The number of rotatable bonds is 5. The number of oxime groups is 1. The molecule has 124 valence electrons. The SMILES string of the molecule is COC(=O)/C(=N/O[C@@H]1CCOC1)c1ccc(-c2cnccn2)cc1. The molecule has 1 aromatic heterocycles. The van der Waals surface area contributed by atoms with E-state index in [1.165, 1.54) is 7.11 Å². The van der Waals surface area contributed by atoms with Crippen molar-refractivity contribution in [2.24, 2.45) is 5.16 Å². The van der Waals surface area contributed by atoms with Crippen molar-refractivity contribution in [2.45, 2.75) is 12.5 Å². The van der Waals surface area contributed by atoms with Crippen LogP contribution >= 0.6 is 0 Å². The Morgan fingerprint density at radius 3 is 2.75 bits per heavy atom. The maximum absolute atomic E-state index is 12.0. The summed E-state index contributed by atoms with van der Waals surface area (Å²) in [5, 5.41) is 3.98. The first-order chi connectivity index (χ1) is 11.8. The molecule has 0 aliphatic carbocycles. The Hall–Kier alpha value is -2.80. The smallest absolute Gasteiger partial charge is 0.360 e. The molecule has 1 aliphatic rings. The Morgan fingerprint density at radius 2 is 2.12 bits per heavy atom. The van der Waals surface area contributed by atoms with Gasteiger partial charge in [0, 0.05) is 29.9 Å². The average molecular weight is 327 g/mol. The second kappa shape index (κ2) is 7.65. The minimum atomic E-state index is -0.554. The first kappa shape index (κ1) is 16.1. The molecule has 7 nitrogen and oxygen atoms in total. The average Bonchev–Trinajstić information content (AvgIpc) is 3.16. The molecule has 7 heteroatoms. The zero-order valence-electron chi connectivity index (χ0n) is 13.2. The van der Waals surface area contributed by atoms with E-state index in [4.69, 9.17) is 14.3 Å². The van der Waals surface area contributed by atoms with E-state index in [-0.39, 0.29) is 11.8 Å². The van der Waals surface area contributed by atoms with E-state index in [0.717, 1.165) is 17.7 Å². The van der Waals surface area contributed by atoms with Gasteiger partial charge < -0.3 is 14.3 Å². The lowest BCUT2D eigenvalue weighted by molar-refractivity contribution is -0.132. The van der Waals surface area contributed by atoms with E-state index < -0.39 is 5.97 Å². The third-order valence-electron chi connectivity index (χ3n) is 3.58. The summed E-state index contributed by atoms with van der Waals surface area (Å²) in [6.45, 7) is 1.12.